The van der Waals surface area contributed by atoms with Gasteiger partial charge in [0.2, 0.25) is 0 Å². The summed E-state index contributed by atoms with van der Waals surface area (Å²) in [5, 5.41) is 4.00. The Morgan fingerprint density at radius 3 is 2.33 bits per heavy atom. The first-order chi connectivity index (χ1) is 13.1. The molecule has 0 heterocycles. The van der Waals surface area contributed by atoms with E-state index in [0.29, 0.717) is 24.6 Å². The number of nitrogens with one attached hydrogen (secondary N) is 1. The summed E-state index contributed by atoms with van der Waals surface area (Å²) in [6.45, 7) is 4.73. The molecule has 1 unspecified atom stereocenters. The van der Waals surface area contributed by atoms with E-state index in [4.69, 9.17) is 0 Å². The SMILES string of the molecule is CC(C)SC(=O)CCC(Cc1ccc(-c2ccccc2)cc1)NCCC=O. The molecule has 0 aliphatic heterocycles. The molecule has 4 heteroatoms. The normalized spacial score (nSPS) is 12.1. The number of hydrogen-bond acceptors (Lipinski definition) is 4. The minimum Gasteiger partial charge on any atom is -0.313 e. The largest absolute Gasteiger partial charge is 0.313 e. The van der Waals surface area contributed by atoms with Crippen molar-refractivity contribution in [3.05, 3.63) is 60.2 Å². The smallest absolute Gasteiger partial charge is 0.189 e. The first-order valence-electron chi connectivity index (χ1n) is 9.59. The lowest BCUT2D eigenvalue weighted by Gasteiger charge is -2.18. The van der Waals surface area contributed by atoms with E-state index < -0.39 is 0 Å². The summed E-state index contributed by atoms with van der Waals surface area (Å²) in [4.78, 5) is 22.6. The van der Waals surface area contributed by atoms with Gasteiger partial charge in [0.25, 0.3) is 0 Å². The van der Waals surface area contributed by atoms with Gasteiger partial charge in [-0.3, -0.25) is 4.79 Å². The van der Waals surface area contributed by atoms with Crippen LogP contribution in [0.3, 0.4) is 0 Å². The molecule has 1 atom stereocenters. The zero-order valence-corrected chi connectivity index (χ0v) is 17.0. The molecule has 0 aliphatic carbocycles. The average Bonchev–Trinajstić information content (AvgIpc) is 2.67. The van der Waals surface area contributed by atoms with Gasteiger partial charge in [0.15, 0.2) is 5.12 Å². The van der Waals surface area contributed by atoms with Crippen molar-refractivity contribution in [3.63, 3.8) is 0 Å². The Kier molecular flexibility index (Phi) is 9.29. The number of rotatable bonds is 11. The van der Waals surface area contributed by atoms with E-state index in [1.165, 1.54) is 28.5 Å². The van der Waals surface area contributed by atoms with Crippen LogP contribution in [0.4, 0.5) is 0 Å². The molecule has 0 bridgehead atoms. The van der Waals surface area contributed by atoms with Crippen LogP contribution in [0.2, 0.25) is 0 Å². The molecule has 2 aromatic rings. The lowest BCUT2D eigenvalue weighted by molar-refractivity contribution is -0.111. The average molecular weight is 384 g/mol. The van der Waals surface area contributed by atoms with Crippen LogP contribution in [0.25, 0.3) is 11.1 Å². The van der Waals surface area contributed by atoms with Crippen LogP contribution in [-0.4, -0.2) is 29.2 Å². The number of carbonyl (C=O) groups is 2. The second-order valence-electron chi connectivity index (χ2n) is 6.95. The molecule has 0 aliphatic rings. The summed E-state index contributed by atoms with van der Waals surface area (Å²) in [7, 11) is 0. The molecule has 0 amide bonds. The van der Waals surface area contributed by atoms with Crippen LogP contribution < -0.4 is 5.32 Å². The molecule has 2 rings (SSSR count). The molecule has 0 aromatic heterocycles. The maximum atomic E-state index is 12.0. The van der Waals surface area contributed by atoms with E-state index in [2.05, 4.69) is 41.7 Å². The van der Waals surface area contributed by atoms with E-state index in [0.717, 1.165) is 19.1 Å². The fraction of sp³-hybridized carbons (Fsp3) is 0.391. The third-order valence-corrected chi connectivity index (χ3v) is 5.24. The van der Waals surface area contributed by atoms with Crippen molar-refractivity contribution in [2.24, 2.45) is 0 Å². The van der Waals surface area contributed by atoms with E-state index in [9.17, 15) is 9.59 Å². The van der Waals surface area contributed by atoms with Gasteiger partial charge < -0.3 is 10.1 Å². The monoisotopic (exact) mass is 383 g/mol. The van der Waals surface area contributed by atoms with Crippen LogP contribution in [0.15, 0.2) is 54.6 Å². The van der Waals surface area contributed by atoms with Gasteiger partial charge >= 0.3 is 0 Å². The predicted molar refractivity (Wildman–Crippen MR) is 115 cm³/mol. The lowest BCUT2D eigenvalue weighted by Crippen LogP contribution is -2.32. The van der Waals surface area contributed by atoms with Gasteiger partial charge in [-0.05, 0) is 29.5 Å². The van der Waals surface area contributed by atoms with Crippen molar-refractivity contribution in [1.82, 2.24) is 5.32 Å². The van der Waals surface area contributed by atoms with Crippen molar-refractivity contribution >= 4 is 23.2 Å². The van der Waals surface area contributed by atoms with Gasteiger partial charge in [0.1, 0.15) is 6.29 Å². The minimum absolute atomic E-state index is 0.198. The number of thioether (sulfide) groups is 1. The molecule has 0 spiro atoms. The van der Waals surface area contributed by atoms with E-state index in [-0.39, 0.29) is 11.2 Å². The van der Waals surface area contributed by atoms with E-state index in [1.54, 1.807) is 0 Å². The predicted octanol–water partition coefficient (Wildman–Crippen LogP) is 4.89. The molecule has 144 valence electrons. The van der Waals surface area contributed by atoms with Gasteiger partial charge in [0, 0.05) is 30.7 Å². The molecule has 2 aromatic carbocycles. The lowest BCUT2D eigenvalue weighted by atomic mass is 9.98. The van der Waals surface area contributed by atoms with Gasteiger partial charge in [-0.25, -0.2) is 0 Å². The van der Waals surface area contributed by atoms with E-state index >= 15 is 0 Å². The molecule has 1 N–H and O–H groups in total. The molecule has 0 saturated heterocycles. The first kappa shape index (κ1) is 21.4. The molecule has 0 radical (unpaired) electrons. The summed E-state index contributed by atoms with van der Waals surface area (Å²) >= 11 is 1.41. The van der Waals surface area contributed by atoms with Gasteiger partial charge in [0.05, 0.1) is 0 Å². The van der Waals surface area contributed by atoms with Crippen LogP contribution >= 0.6 is 11.8 Å². The molecular weight excluding hydrogens is 354 g/mol. The summed E-state index contributed by atoms with van der Waals surface area (Å²) in [5.74, 6) is 0. The number of carbonyl (C=O) groups excluding carboxylic acids is 2. The Morgan fingerprint density at radius 2 is 1.70 bits per heavy atom. The van der Waals surface area contributed by atoms with Crippen LogP contribution in [0, 0.1) is 0 Å². The van der Waals surface area contributed by atoms with Crippen molar-refractivity contribution in [2.75, 3.05) is 6.54 Å². The molecule has 3 nitrogen and oxygen atoms in total. The van der Waals surface area contributed by atoms with Gasteiger partial charge in [-0.15, -0.1) is 0 Å². The maximum Gasteiger partial charge on any atom is 0.189 e. The second-order valence-corrected chi connectivity index (χ2v) is 8.58. The summed E-state index contributed by atoms with van der Waals surface area (Å²) < 4.78 is 0. The van der Waals surface area contributed by atoms with Crippen LogP contribution in [-0.2, 0) is 16.0 Å². The van der Waals surface area contributed by atoms with Crippen molar-refractivity contribution < 1.29 is 9.59 Å². The highest BCUT2D eigenvalue weighted by Gasteiger charge is 2.13. The summed E-state index contributed by atoms with van der Waals surface area (Å²) in [6, 6.07) is 19.1. The number of aldehydes is 1. The second kappa shape index (κ2) is 11.7. The minimum atomic E-state index is 0.198. The standard InChI is InChI=1S/C23H29NO2S/c1-18(2)27-23(26)14-13-22(24-15-6-16-25)17-19-9-11-21(12-10-19)20-7-4-3-5-8-20/h3-5,7-12,16,18,22,24H,6,13-15,17H2,1-2H3. The third kappa shape index (κ3) is 8.10. The summed E-state index contributed by atoms with van der Waals surface area (Å²) in [5.41, 5.74) is 3.65. The molecule has 0 fully saturated rings. The first-order valence-corrected chi connectivity index (χ1v) is 10.5. The quantitative estimate of drug-likeness (QED) is 0.443. The van der Waals surface area contributed by atoms with Gasteiger partial charge in [-0.2, -0.15) is 0 Å². The number of hydrogen-bond donors (Lipinski definition) is 1. The third-order valence-electron chi connectivity index (χ3n) is 4.30. The molecule has 27 heavy (non-hydrogen) atoms. The zero-order chi connectivity index (χ0) is 19.5. The summed E-state index contributed by atoms with van der Waals surface area (Å²) in [6.07, 6.45) is 3.63. The van der Waals surface area contributed by atoms with Crippen molar-refractivity contribution in [3.8, 4) is 11.1 Å². The Labute approximate surface area is 166 Å². The fourth-order valence-corrected chi connectivity index (χ4v) is 3.75. The fourth-order valence-electron chi connectivity index (χ4n) is 2.98. The Bertz CT molecular complexity index is 698. The highest BCUT2D eigenvalue weighted by molar-refractivity contribution is 8.14. The Hall–Kier alpha value is -1.91. The van der Waals surface area contributed by atoms with Gasteiger partial charge in [-0.1, -0.05) is 80.2 Å². The number of benzene rings is 2. The van der Waals surface area contributed by atoms with Crippen LogP contribution in [0.1, 0.15) is 38.7 Å². The maximum absolute atomic E-state index is 12.0. The van der Waals surface area contributed by atoms with Crippen LogP contribution in [0.5, 0.6) is 0 Å². The highest BCUT2D eigenvalue weighted by atomic mass is 32.2. The Balaban J connectivity index is 1.96. The Morgan fingerprint density at radius 1 is 1.04 bits per heavy atom. The van der Waals surface area contributed by atoms with E-state index in [1.807, 2.05) is 32.0 Å². The zero-order valence-electron chi connectivity index (χ0n) is 16.2. The van der Waals surface area contributed by atoms with Crippen molar-refractivity contribution in [1.29, 1.82) is 0 Å². The molecule has 0 saturated carbocycles. The molecular formula is C23H29NO2S. The topological polar surface area (TPSA) is 46.2 Å². The van der Waals surface area contributed by atoms with Crippen molar-refractivity contribution in [2.45, 2.75) is 50.8 Å². The highest BCUT2D eigenvalue weighted by Crippen LogP contribution is 2.21.